The number of nitrogens with one attached hydrogen (secondary N) is 1. The molecule has 0 amide bonds. The number of guanidine groups is 1. The summed E-state index contributed by atoms with van der Waals surface area (Å²) in [6.07, 6.45) is 0. The lowest BCUT2D eigenvalue weighted by atomic mass is 10.1. The summed E-state index contributed by atoms with van der Waals surface area (Å²) in [5, 5.41) is 6.02. The maximum Gasteiger partial charge on any atom is 0.194 e. The smallest absolute Gasteiger partial charge is 0.194 e. The molecule has 144 valence electrons. The van der Waals surface area contributed by atoms with Crippen LogP contribution in [0.15, 0.2) is 65.7 Å². The molecule has 0 unspecified atom stereocenters. The number of benzene rings is 3. The number of methoxy groups -OCH3 is 2. The molecule has 0 aliphatic carbocycles. The van der Waals surface area contributed by atoms with Gasteiger partial charge in [0.25, 0.3) is 0 Å². The second-order valence-corrected chi connectivity index (χ2v) is 6.84. The number of hydrogen-bond donors (Lipinski definition) is 1. The number of nitrogens with zero attached hydrogens (tertiary/aromatic N) is 2. The highest BCUT2D eigenvalue weighted by Crippen LogP contribution is 2.26. The number of rotatable bonds is 6. The van der Waals surface area contributed by atoms with E-state index < -0.39 is 0 Å². The van der Waals surface area contributed by atoms with Crippen LogP contribution in [0.1, 0.15) is 11.1 Å². The molecular weight excluding hydrogens is 350 g/mol. The van der Waals surface area contributed by atoms with E-state index in [2.05, 4.69) is 63.7 Å². The lowest BCUT2D eigenvalue weighted by Gasteiger charge is -2.22. The molecule has 1 heterocycles. The van der Waals surface area contributed by atoms with Crippen molar-refractivity contribution in [1.29, 1.82) is 0 Å². The molecule has 0 saturated carbocycles. The van der Waals surface area contributed by atoms with E-state index in [0.717, 1.165) is 49.2 Å². The second kappa shape index (κ2) is 8.21. The predicted octanol–water partition coefficient (Wildman–Crippen LogP) is 3.82. The SMILES string of the molecule is COc1ccc(CN2CCN=C2NCc2ccc3ccccc3c2)c(OC)c1. The van der Waals surface area contributed by atoms with Gasteiger partial charge in [-0.25, -0.2) is 0 Å². The molecule has 4 rings (SSSR count). The molecule has 3 aromatic rings. The summed E-state index contributed by atoms with van der Waals surface area (Å²) in [6.45, 7) is 3.20. The minimum Gasteiger partial charge on any atom is -0.497 e. The molecule has 0 saturated heterocycles. The van der Waals surface area contributed by atoms with Gasteiger partial charge < -0.3 is 19.7 Å². The Bertz CT molecular complexity index is 1000. The monoisotopic (exact) mass is 375 g/mol. The highest BCUT2D eigenvalue weighted by atomic mass is 16.5. The van der Waals surface area contributed by atoms with E-state index in [-0.39, 0.29) is 0 Å². The van der Waals surface area contributed by atoms with E-state index in [1.807, 2.05) is 12.1 Å². The van der Waals surface area contributed by atoms with Crippen LogP contribution in [-0.4, -0.2) is 38.2 Å². The quantitative estimate of drug-likeness (QED) is 0.712. The van der Waals surface area contributed by atoms with Gasteiger partial charge in [0, 0.05) is 31.3 Å². The zero-order valence-electron chi connectivity index (χ0n) is 16.3. The molecule has 0 fully saturated rings. The van der Waals surface area contributed by atoms with Crippen molar-refractivity contribution < 1.29 is 9.47 Å². The van der Waals surface area contributed by atoms with Crippen LogP contribution >= 0.6 is 0 Å². The summed E-state index contributed by atoms with van der Waals surface area (Å²) >= 11 is 0. The van der Waals surface area contributed by atoms with Crippen molar-refractivity contribution in [2.75, 3.05) is 27.3 Å². The number of ether oxygens (including phenoxy) is 2. The number of hydrogen-bond acceptors (Lipinski definition) is 5. The average Bonchev–Trinajstić information content (AvgIpc) is 3.19. The lowest BCUT2D eigenvalue weighted by molar-refractivity contribution is 0.377. The molecule has 5 nitrogen and oxygen atoms in total. The first-order chi connectivity index (χ1) is 13.8. The summed E-state index contributed by atoms with van der Waals surface area (Å²) in [6, 6.07) is 20.9. The fraction of sp³-hybridized carbons (Fsp3) is 0.261. The molecule has 0 aromatic heterocycles. The first-order valence-electron chi connectivity index (χ1n) is 9.48. The number of fused-ring (bicyclic) bond motifs is 1. The minimum atomic E-state index is 0.747. The van der Waals surface area contributed by atoms with Gasteiger partial charge in [-0.3, -0.25) is 4.99 Å². The highest BCUT2D eigenvalue weighted by Gasteiger charge is 2.19. The normalized spacial score (nSPS) is 13.5. The van der Waals surface area contributed by atoms with Crippen LogP contribution < -0.4 is 14.8 Å². The van der Waals surface area contributed by atoms with Crippen molar-refractivity contribution in [3.05, 3.63) is 71.8 Å². The van der Waals surface area contributed by atoms with Gasteiger partial charge in [-0.05, 0) is 34.5 Å². The van der Waals surface area contributed by atoms with Crippen LogP contribution in [0.25, 0.3) is 10.8 Å². The Morgan fingerprint density at radius 1 is 0.964 bits per heavy atom. The highest BCUT2D eigenvalue weighted by molar-refractivity contribution is 5.84. The first-order valence-corrected chi connectivity index (χ1v) is 9.48. The third-order valence-electron chi connectivity index (χ3n) is 5.05. The molecule has 0 bridgehead atoms. The molecule has 5 heteroatoms. The largest absolute Gasteiger partial charge is 0.497 e. The van der Waals surface area contributed by atoms with Crippen molar-refractivity contribution in [1.82, 2.24) is 10.2 Å². The maximum atomic E-state index is 5.54. The zero-order valence-corrected chi connectivity index (χ0v) is 16.3. The van der Waals surface area contributed by atoms with Crippen molar-refractivity contribution in [2.45, 2.75) is 13.1 Å². The van der Waals surface area contributed by atoms with E-state index in [1.165, 1.54) is 16.3 Å². The summed E-state index contributed by atoms with van der Waals surface area (Å²) < 4.78 is 10.8. The van der Waals surface area contributed by atoms with E-state index in [9.17, 15) is 0 Å². The average molecular weight is 375 g/mol. The molecule has 0 atom stereocenters. The third-order valence-corrected chi connectivity index (χ3v) is 5.05. The fourth-order valence-corrected chi connectivity index (χ4v) is 3.52. The first kappa shape index (κ1) is 18.2. The molecule has 28 heavy (non-hydrogen) atoms. The Morgan fingerprint density at radius 2 is 1.82 bits per heavy atom. The number of aliphatic imine (C=N–C) groups is 1. The molecule has 0 spiro atoms. The summed E-state index contributed by atoms with van der Waals surface area (Å²) in [4.78, 5) is 6.90. The summed E-state index contributed by atoms with van der Waals surface area (Å²) in [7, 11) is 3.35. The fourth-order valence-electron chi connectivity index (χ4n) is 3.52. The van der Waals surface area contributed by atoms with Crippen molar-refractivity contribution in [3.63, 3.8) is 0 Å². The molecule has 3 aromatic carbocycles. The lowest BCUT2D eigenvalue weighted by Crippen LogP contribution is -2.37. The van der Waals surface area contributed by atoms with E-state index in [0.29, 0.717) is 0 Å². The van der Waals surface area contributed by atoms with E-state index >= 15 is 0 Å². The van der Waals surface area contributed by atoms with Crippen molar-refractivity contribution >= 4 is 16.7 Å². The standard InChI is InChI=1S/C23H25N3O2/c1-27-21-10-9-20(22(14-21)28-2)16-26-12-11-24-23(26)25-15-17-7-8-18-5-3-4-6-19(18)13-17/h3-10,13-14H,11-12,15-16H2,1-2H3,(H,24,25). The Morgan fingerprint density at radius 3 is 2.64 bits per heavy atom. The van der Waals surface area contributed by atoms with Crippen LogP contribution in [0.5, 0.6) is 11.5 Å². The maximum absolute atomic E-state index is 5.54. The third kappa shape index (κ3) is 3.88. The molecule has 1 N–H and O–H groups in total. The van der Waals surface area contributed by atoms with Crippen LogP contribution in [0.3, 0.4) is 0 Å². The molecule has 1 aliphatic rings. The van der Waals surface area contributed by atoms with Gasteiger partial charge in [-0.2, -0.15) is 0 Å². The van der Waals surface area contributed by atoms with Gasteiger partial charge in [0.05, 0.1) is 20.8 Å². The topological polar surface area (TPSA) is 46.1 Å². The summed E-state index contributed by atoms with van der Waals surface area (Å²) in [5.41, 5.74) is 2.36. The van der Waals surface area contributed by atoms with Crippen LogP contribution in [-0.2, 0) is 13.1 Å². The van der Waals surface area contributed by atoms with Crippen molar-refractivity contribution in [3.8, 4) is 11.5 Å². The Hall–Kier alpha value is -3.21. The van der Waals surface area contributed by atoms with Crippen LogP contribution in [0, 0.1) is 0 Å². The van der Waals surface area contributed by atoms with Crippen LogP contribution in [0.4, 0.5) is 0 Å². The van der Waals surface area contributed by atoms with E-state index in [1.54, 1.807) is 14.2 Å². The summed E-state index contributed by atoms with van der Waals surface area (Å²) in [5.74, 6) is 2.57. The van der Waals surface area contributed by atoms with Gasteiger partial charge >= 0.3 is 0 Å². The van der Waals surface area contributed by atoms with Gasteiger partial charge in [0.15, 0.2) is 5.96 Å². The Balaban J connectivity index is 1.43. The Kier molecular flexibility index (Phi) is 5.33. The van der Waals surface area contributed by atoms with Gasteiger partial charge in [0.1, 0.15) is 11.5 Å². The zero-order chi connectivity index (χ0) is 19.3. The Labute approximate surface area is 165 Å². The molecule has 1 aliphatic heterocycles. The predicted molar refractivity (Wildman–Crippen MR) is 113 cm³/mol. The van der Waals surface area contributed by atoms with Gasteiger partial charge in [0.2, 0.25) is 0 Å². The molecular formula is C23H25N3O2. The van der Waals surface area contributed by atoms with Gasteiger partial charge in [-0.15, -0.1) is 0 Å². The van der Waals surface area contributed by atoms with E-state index in [4.69, 9.17) is 9.47 Å². The minimum absolute atomic E-state index is 0.747. The van der Waals surface area contributed by atoms with Gasteiger partial charge in [-0.1, -0.05) is 36.4 Å². The van der Waals surface area contributed by atoms with Crippen molar-refractivity contribution in [2.24, 2.45) is 4.99 Å². The van der Waals surface area contributed by atoms with Crippen LogP contribution in [0.2, 0.25) is 0 Å². The second-order valence-electron chi connectivity index (χ2n) is 6.84. The molecule has 0 radical (unpaired) electrons.